The van der Waals surface area contributed by atoms with Gasteiger partial charge in [0, 0.05) is 36.8 Å². The van der Waals surface area contributed by atoms with Crippen LogP contribution in [0.1, 0.15) is 21.6 Å². The zero-order chi connectivity index (χ0) is 15.0. The molecular formula is C15H18N2O3S. The second kappa shape index (κ2) is 5.27. The van der Waals surface area contributed by atoms with Gasteiger partial charge in [-0.2, -0.15) is 0 Å². The van der Waals surface area contributed by atoms with Gasteiger partial charge in [-0.1, -0.05) is 0 Å². The molecule has 2 aromatic rings. The molecule has 0 radical (unpaired) electrons. The Morgan fingerprint density at radius 1 is 1.29 bits per heavy atom. The number of aldehydes is 1. The van der Waals surface area contributed by atoms with Gasteiger partial charge in [0.1, 0.15) is 9.84 Å². The fourth-order valence-corrected chi connectivity index (χ4v) is 3.41. The third-order valence-electron chi connectivity index (χ3n) is 3.96. The predicted molar refractivity (Wildman–Crippen MR) is 82.4 cm³/mol. The number of aromatic amines is 1. The molecule has 2 heterocycles. The minimum Gasteiger partial charge on any atom is -0.352 e. The van der Waals surface area contributed by atoms with E-state index in [1.54, 1.807) is 0 Å². The van der Waals surface area contributed by atoms with E-state index in [-0.39, 0.29) is 5.75 Å². The lowest BCUT2D eigenvalue weighted by Gasteiger charge is -2.28. The Labute approximate surface area is 123 Å². The molecule has 6 heteroatoms. The standard InChI is InChI=1S/C15H18N2O3S/c1-21(19,20)5-4-17-3-2-11-8-15-12(6-13(11)9-17)7-14(10-18)16-15/h6-8,10,16H,2-5,9H2,1H3. The second-order valence-electron chi connectivity index (χ2n) is 5.71. The number of sulfone groups is 1. The molecular weight excluding hydrogens is 288 g/mol. The number of benzene rings is 1. The van der Waals surface area contributed by atoms with Crippen LogP contribution in [0.4, 0.5) is 0 Å². The number of nitrogens with zero attached hydrogens (tertiary/aromatic N) is 1. The number of nitrogens with one attached hydrogen (secondary N) is 1. The van der Waals surface area contributed by atoms with Crippen LogP contribution in [0.15, 0.2) is 18.2 Å². The van der Waals surface area contributed by atoms with Gasteiger partial charge < -0.3 is 4.98 Å². The fourth-order valence-electron chi connectivity index (χ4n) is 2.82. The van der Waals surface area contributed by atoms with Crippen LogP contribution >= 0.6 is 0 Å². The van der Waals surface area contributed by atoms with Crippen LogP contribution in [0.3, 0.4) is 0 Å². The molecule has 0 saturated heterocycles. The minimum atomic E-state index is -2.92. The zero-order valence-electron chi connectivity index (χ0n) is 11.9. The number of H-pyrrole nitrogens is 1. The van der Waals surface area contributed by atoms with Crippen LogP contribution in [0.2, 0.25) is 0 Å². The highest BCUT2D eigenvalue weighted by atomic mass is 32.2. The number of carbonyl (C=O) groups is 1. The van der Waals surface area contributed by atoms with Crippen molar-refractivity contribution >= 4 is 27.0 Å². The van der Waals surface area contributed by atoms with Gasteiger partial charge in [0.05, 0.1) is 11.4 Å². The molecule has 0 amide bonds. The number of aromatic nitrogens is 1. The number of rotatable bonds is 4. The number of hydrogen-bond donors (Lipinski definition) is 1. The maximum Gasteiger partial charge on any atom is 0.166 e. The Balaban J connectivity index is 1.83. The van der Waals surface area contributed by atoms with Crippen molar-refractivity contribution < 1.29 is 13.2 Å². The highest BCUT2D eigenvalue weighted by Crippen LogP contribution is 2.25. The van der Waals surface area contributed by atoms with Gasteiger partial charge in [0.2, 0.25) is 0 Å². The van der Waals surface area contributed by atoms with Crippen LogP contribution < -0.4 is 0 Å². The summed E-state index contributed by atoms with van der Waals surface area (Å²) in [7, 11) is -2.92. The first-order valence-corrected chi connectivity index (χ1v) is 9.00. The summed E-state index contributed by atoms with van der Waals surface area (Å²) in [5, 5.41) is 1.03. The molecule has 21 heavy (non-hydrogen) atoms. The third kappa shape index (κ3) is 3.16. The van der Waals surface area contributed by atoms with Gasteiger partial charge in [0.25, 0.3) is 0 Å². The normalized spacial score (nSPS) is 16.0. The second-order valence-corrected chi connectivity index (χ2v) is 7.97. The molecule has 0 spiro atoms. The van der Waals surface area contributed by atoms with E-state index in [1.165, 1.54) is 17.4 Å². The van der Waals surface area contributed by atoms with Crippen molar-refractivity contribution in [1.29, 1.82) is 0 Å². The average molecular weight is 306 g/mol. The van der Waals surface area contributed by atoms with E-state index >= 15 is 0 Å². The van der Waals surface area contributed by atoms with Gasteiger partial charge in [-0.25, -0.2) is 8.42 Å². The van der Waals surface area contributed by atoms with E-state index in [9.17, 15) is 13.2 Å². The first kappa shape index (κ1) is 14.3. The molecule has 1 aromatic carbocycles. The first-order chi connectivity index (χ1) is 9.94. The monoisotopic (exact) mass is 306 g/mol. The van der Waals surface area contributed by atoms with Gasteiger partial charge in [-0.15, -0.1) is 0 Å². The van der Waals surface area contributed by atoms with Gasteiger partial charge >= 0.3 is 0 Å². The molecule has 0 aliphatic carbocycles. The van der Waals surface area contributed by atoms with Crippen LogP contribution in [0, 0.1) is 0 Å². The van der Waals surface area contributed by atoms with E-state index in [2.05, 4.69) is 22.0 Å². The Kier molecular flexibility index (Phi) is 3.59. The molecule has 1 aliphatic heterocycles. The van der Waals surface area contributed by atoms with Crippen molar-refractivity contribution in [2.45, 2.75) is 13.0 Å². The van der Waals surface area contributed by atoms with E-state index in [0.29, 0.717) is 12.2 Å². The molecule has 3 rings (SSSR count). The topological polar surface area (TPSA) is 70.2 Å². The molecule has 1 N–H and O–H groups in total. The van der Waals surface area contributed by atoms with Crippen LogP contribution in [0.25, 0.3) is 10.9 Å². The van der Waals surface area contributed by atoms with Crippen molar-refractivity contribution in [1.82, 2.24) is 9.88 Å². The van der Waals surface area contributed by atoms with Crippen LogP contribution in [-0.2, 0) is 22.8 Å². The summed E-state index contributed by atoms with van der Waals surface area (Å²) in [6.45, 7) is 2.21. The highest BCUT2D eigenvalue weighted by Gasteiger charge is 2.18. The lowest BCUT2D eigenvalue weighted by molar-refractivity contribution is 0.112. The summed E-state index contributed by atoms with van der Waals surface area (Å²) >= 11 is 0. The van der Waals surface area contributed by atoms with Crippen molar-refractivity contribution in [3.8, 4) is 0 Å². The number of fused-ring (bicyclic) bond motifs is 2. The molecule has 1 aliphatic rings. The number of carbonyl (C=O) groups excluding carboxylic acids is 1. The molecule has 0 bridgehead atoms. The predicted octanol–water partition coefficient (Wildman–Crippen LogP) is 1.38. The van der Waals surface area contributed by atoms with Gasteiger partial charge in [0.15, 0.2) is 6.29 Å². The lowest BCUT2D eigenvalue weighted by Crippen LogP contribution is -2.34. The quantitative estimate of drug-likeness (QED) is 0.867. The molecule has 5 nitrogen and oxygen atoms in total. The highest BCUT2D eigenvalue weighted by molar-refractivity contribution is 7.90. The van der Waals surface area contributed by atoms with Crippen molar-refractivity contribution in [2.24, 2.45) is 0 Å². The maximum atomic E-state index is 11.3. The van der Waals surface area contributed by atoms with E-state index < -0.39 is 9.84 Å². The molecule has 0 atom stereocenters. The van der Waals surface area contributed by atoms with E-state index in [4.69, 9.17) is 0 Å². The smallest absolute Gasteiger partial charge is 0.166 e. The van der Waals surface area contributed by atoms with Crippen molar-refractivity contribution in [2.75, 3.05) is 25.1 Å². The van der Waals surface area contributed by atoms with Crippen molar-refractivity contribution in [3.05, 3.63) is 35.0 Å². The fraction of sp³-hybridized carbons (Fsp3) is 0.400. The van der Waals surface area contributed by atoms with E-state index in [1.807, 2.05) is 6.07 Å². The zero-order valence-corrected chi connectivity index (χ0v) is 12.7. The Hall–Kier alpha value is -1.66. The minimum absolute atomic E-state index is 0.198. The summed E-state index contributed by atoms with van der Waals surface area (Å²) in [5.41, 5.74) is 4.07. The molecule has 0 unspecified atom stereocenters. The first-order valence-electron chi connectivity index (χ1n) is 6.94. The Morgan fingerprint density at radius 3 is 2.81 bits per heavy atom. The summed E-state index contributed by atoms with van der Waals surface area (Å²) in [6.07, 6.45) is 3.00. The van der Waals surface area contributed by atoms with Gasteiger partial charge in [-0.05, 0) is 35.7 Å². The van der Waals surface area contributed by atoms with Crippen LogP contribution in [0.5, 0.6) is 0 Å². The number of hydrogen-bond acceptors (Lipinski definition) is 4. The summed E-state index contributed by atoms with van der Waals surface area (Å²) < 4.78 is 22.5. The van der Waals surface area contributed by atoms with E-state index in [0.717, 1.165) is 36.7 Å². The Morgan fingerprint density at radius 2 is 2.10 bits per heavy atom. The van der Waals surface area contributed by atoms with Crippen molar-refractivity contribution in [3.63, 3.8) is 0 Å². The molecule has 0 fully saturated rings. The molecule has 0 saturated carbocycles. The SMILES string of the molecule is CS(=O)(=O)CCN1CCc2cc3[nH]c(C=O)cc3cc2C1. The van der Waals surface area contributed by atoms with Gasteiger partial charge in [-0.3, -0.25) is 9.69 Å². The summed E-state index contributed by atoms with van der Waals surface area (Å²) in [5.74, 6) is 0.198. The average Bonchev–Trinajstić information content (AvgIpc) is 2.83. The largest absolute Gasteiger partial charge is 0.352 e. The summed E-state index contributed by atoms with van der Waals surface area (Å²) in [6, 6.07) is 6.05. The molecule has 112 valence electrons. The van der Waals surface area contributed by atoms with Crippen LogP contribution in [-0.4, -0.2) is 49.7 Å². The maximum absolute atomic E-state index is 11.3. The Bertz CT molecular complexity index is 793. The molecule has 1 aromatic heterocycles. The summed E-state index contributed by atoms with van der Waals surface area (Å²) in [4.78, 5) is 16.1. The lowest BCUT2D eigenvalue weighted by atomic mass is 9.98. The third-order valence-corrected chi connectivity index (χ3v) is 4.88.